The molecule has 0 saturated heterocycles. The molecule has 0 heterocycles. The predicted molar refractivity (Wildman–Crippen MR) is 75.6 cm³/mol. The lowest BCUT2D eigenvalue weighted by molar-refractivity contribution is 0.0697. The van der Waals surface area contributed by atoms with E-state index in [0.29, 0.717) is 11.4 Å². The van der Waals surface area contributed by atoms with Gasteiger partial charge in [0.05, 0.1) is 17.0 Å². The molecule has 2 aromatic rings. The maximum absolute atomic E-state index is 12.8. The number of rotatable bonds is 4. The largest absolute Gasteiger partial charge is 0.478 e. The van der Waals surface area contributed by atoms with E-state index in [2.05, 4.69) is 10.5 Å². The van der Waals surface area contributed by atoms with E-state index in [4.69, 9.17) is 5.11 Å². The fourth-order valence-electron chi connectivity index (χ4n) is 1.59. The highest BCUT2D eigenvalue weighted by atomic mass is 19.1. The second-order valence-electron chi connectivity index (χ2n) is 4.20. The first-order valence-corrected chi connectivity index (χ1v) is 5.96. The van der Waals surface area contributed by atoms with Gasteiger partial charge in [-0.3, -0.25) is 5.43 Å². The van der Waals surface area contributed by atoms with Gasteiger partial charge in [-0.2, -0.15) is 5.10 Å². The molecule has 0 aliphatic carbocycles. The molecule has 0 spiro atoms. The minimum atomic E-state index is -0.970. The van der Waals surface area contributed by atoms with Crippen LogP contribution < -0.4 is 5.43 Å². The average molecular weight is 272 g/mol. The zero-order valence-corrected chi connectivity index (χ0v) is 10.8. The van der Waals surface area contributed by atoms with Crippen molar-refractivity contribution >= 4 is 17.4 Å². The number of carboxylic acids is 1. The summed E-state index contributed by atoms with van der Waals surface area (Å²) in [6, 6.07) is 12.3. The van der Waals surface area contributed by atoms with Crippen LogP contribution in [0.25, 0.3) is 0 Å². The first-order valence-electron chi connectivity index (χ1n) is 5.96. The highest BCUT2D eigenvalue weighted by Gasteiger charge is 2.01. The molecule has 0 atom stereocenters. The summed E-state index contributed by atoms with van der Waals surface area (Å²) in [7, 11) is 0. The topological polar surface area (TPSA) is 61.7 Å². The van der Waals surface area contributed by atoms with E-state index in [1.807, 2.05) is 0 Å². The summed E-state index contributed by atoms with van der Waals surface area (Å²) in [5.41, 5.74) is 5.23. The van der Waals surface area contributed by atoms with Gasteiger partial charge in [0.2, 0.25) is 0 Å². The highest BCUT2D eigenvalue weighted by molar-refractivity contribution is 5.99. The van der Waals surface area contributed by atoms with Gasteiger partial charge in [0, 0.05) is 0 Å². The molecule has 0 aliphatic heterocycles. The summed E-state index contributed by atoms with van der Waals surface area (Å²) in [5, 5.41) is 13.0. The van der Waals surface area contributed by atoms with Crippen LogP contribution in [0.1, 0.15) is 22.8 Å². The Bertz CT molecular complexity index is 634. The smallest absolute Gasteiger partial charge is 0.335 e. The Labute approximate surface area is 115 Å². The van der Waals surface area contributed by atoms with Crippen LogP contribution >= 0.6 is 0 Å². The minimum Gasteiger partial charge on any atom is -0.478 e. The number of nitrogens with zero attached hydrogens (tertiary/aromatic N) is 1. The molecule has 5 heteroatoms. The van der Waals surface area contributed by atoms with E-state index in [1.54, 1.807) is 31.2 Å². The molecule has 0 saturated carbocycles. The number of aromatic carboxylic acids is 1. The SMILES string of the molecule is CC(=NNc1ccc(C(=O)O)cc1)c1ccc(F)cc1. The van der Waals surface area contributed by atoms with Gasteiger partial charge < -0.3 is 5.11 Å². The minimum absolute atomic E-state index is 0.217. The van der Waals surface area contributed by atoms with E-state index < -0.39 is 5.97 Å². The number of carbonyl (C=O) groups is 1. The van der Waals surface area contributed by atoms with Gasteiger partial charge in [0.1, 0.15) is 5.82 Å². The summed E-state index contributed by atoms with van der Waals surface area (Å²) in [6.07, 6.45) is 0. The summed E-state index contributed by atoms with van der Waals surface area (Å²) in [5.74, 6) is -1.26. The molecule has 2 N–H and O–H groups in total. The van der Waals surface area contributed by atoms with Gasteiger partial charge in [-0.15, -0.1) is 0 Å². The van der Waals surface area contributed by atoms with Crippen LogP contribution in [0.15, 0.2) is 53.6 Å². The first kappa shape index (κ1) is 13.7. The molecule has 102 valence electrons. The lowest BCUT2D eigenvalue weighted by Crippen LogP contribution is -2.00. The molecule has 0 fully saturated rings. The van der Waals surface area contributed by atoms with E-state index in [-0.39, 0.29) is 11.4 Å². The van der Waals surface area contributed by atoms with Crippen molar-refractivity contribution in [3.05, 3.63) is 65.5 Å². The quantitative estimate of drug-likeness (QED) is 0.662. The Morgan fingerprint density at radius 1 is 1.05 bits per heavy atom. The monoisotopic (exact) mass is 272 g/mol. The molecule has 0 aliphatic rings. The fourth-order valence-corrected chi connectivity index (χ4v) is 1.59. The summed E-state index contributed by atoms with van der Waals surface area (Å²) in [6.45, 7) is 1.80. The van der Waals surface area contributed by atoms with Crippen LogP contribution in [0.2, 0.25) is 0 Å². The van der Waals surface area contributed by atoms with Crippen LogP contribution in [0, 0.1) is 5.82 Å². The summed E-state index contributed by atoms with van der Waals surface area (Å²) >= 11 is 0. The molecule has 2 aromatic carbocycles. The zero-order valence-electron chi connectivity index (χ0n) is 10.8. The van der Waals surface area contributed by atoms with Crippen molar-refractivity contribution in [2.75, 3.05) is 5.43 Å². The van der Waals surface area contributed by atoms with Gasteiger partial charge in [0.15, 0.2) is 0 Å². The van der Waals surface area contributed by atoms with Gasteiger partial charge in [-0.05, 0) is 48.9 Å². The molecular formula is C15H13FN2O2. The standard InChI is InChI=1S/C15H13FN2O2/c1-10(11-2-6-13(16)7-3-11)17-18-14-8-4-12(5-9-14)15(19)20/h2-9,18H,1H3,(H,19,20). The molecule has 0 aromatic heterocycles. The summed E-state index contributed by atoms with van der Waals surface area (Å²) in [4.78, 5) is 10.7. The highest BCUT2D eigenvalue weighted by Crippen LogP contribution is 2.10. The van der Waals surface area contributed by atoms with Gasteiger partial charge in [-0.25, -0.2) is 9.18 Å². The van der Waals surface area contributed by atoms with Crippen molar-refractivity contribution < 1.29 is 14.3 Å². The van der Waals surface area contributed by atoms with Crippen LogP contribution in [0.3, 0.4) is 0 Å². The Morgan fingerprint density at radius 2 is 1.60 bits per heavy atom. The van der Waals surface area contributed by atoms with Gasteiger partial charge in [0.25, 0.3) is 0 Å². The molecule has 0 radical (unpaired) electrons. The number of carboxylic acid groups (broad SMARTS) is 1. The van der Waals surface area contributed by atoms with Crippen molar-refractivity contribution in [2.45, 2.75) is 6.92 Å². The third-order valence-corrected chi connectivity index (χ3v) is 2.75. The van der Waals surface area contributed by atoms with Crippen LogP contribution in [-0.4, -0.2) is 16.8 Å². The zero-order chi connectivity index (χ0) is 14.5. The maximum Gasteiger partial charge on any atom is 0.335 e. The number of anilines is 1. The number of benzene rings is 2. The number of halogens is 1. The Morgan fingerprint density at radius 3 is 2.15 bits per heavy atom. The van der Waals surface area contributed by atoms with Crippen molar-refractivity contribution in [1.29, 1.82) is 0 Å². The Balaban J connectivity index is 2.08. The number of hydrazone groups is 1. The second kappa shape index (κ2) is 5.97. The third kappa shape index (κ3) is 3.41. The summed E-state index contributed by atoms with van der Waals surface area (Å²) < 4.78 is 12.8. The number of hydrogen-bond acceptors (Lipinski definition) is 3. The van der Waals surface area contributed by atoms with Crippen LogP contribution in [-0.2, 0) is 0 Å². The first-order chi connectivity index (χ1) is 9.56. The number of hydrogen-bond donors (Lipinski definition) is 2. The van der Waals surface area contributed by atoms with E-state index in [0.717, 1.165) is 5.56 Å². The van der Waals surface area contributed by atoms with E-state index >= 15 is 0 Å². The van der Waals surface area contributed by atoms with Crippen LogP contribution in [0.4, 0.5) is 10.1 Å². The molecule has 20 heavy (non-hydrogen) atoms. The molecule has 0 unspecified atom stereocenters. The Hall–Kier alpha value is -2.69. The van der Waals surface area contributed by atoms with Crippen molar-refractivity contribution in [1.82, 2.24) is 0 Å². The molecule has 0 amide bonds. The van der Waals surface area contributed by atoms with E-state index in [9.17, 15) is 9.18 Å². The van der Waals surface area contributed by atoms with Gasteiger partial charge in [-0.1, -0.05) is 12.1 Å². The maximum atomic E-state index is 12.8. The fraction of sp³-hybridized carbons (Fsp3) is 0.0667. The third-order valence-electron chi connectivity index (χ3n) is 2.75. The van der Waals surface area contributed by atoms with E-state index in [1.165, 1.54) is 24.3 Å². The molecular weight excluding hydrogens is 259 g/mol. The van der Waals surface area contributed by atoms with Crippen molar-refractivity contribution in [2.24, 2.45) is 5.10 Å². The number of nitrogens with one attached hydrogen (secondary N) is 1. The lowest BCUT2D eigenvalue weighted by Gasteiger charge is -2.04. The Kier molecular flexibility index (Phi) is 4.10. The van der Waals surface area contributed by atoms with Crippen LogP contribution in [0.5, 0.6) is 0 Å². The normalized spacial score (nSPS) is 11.2. The molecule has 2 rings (SSSR count). The average Bonchev–Trinajstić information content (AvgIpc) is 2.46. The predicted octanol–water partition coefficient (Wildman–Crippen LogP) is 3.36. The molecule has 0 bridgehead atoms. The molecule has 4 nitrogen and oxygen atoms in total. The van der Waals surface area contributed by atoms with Crippen molar-refractivity contribution in [3.63, 3.8) is 0 Å². The second-order valence-corrected chi connectivity index (χ2v) is 4.20. The van der Waals surface area contributed by atoms with Crippen molar-refractivity contribution in [3.8, 4) is 0 Å². The van der Waals surface area contributed by atoms with Gasteiger partial charge >= 0.3 is 5.97 Å². The lowest BCUT2D eigenvalue weighted by atomic mass is 10.1.